The Labute approximate surface area is 195 Å². The third-order valence-corrected chi connectivity index (χ3v) is 4.72. The molecule has 0 saturated heterocycles. The summed E-state index contributed by atoms with van der Waals surface area (Å²) in [6.07, 6.45) is 8.78. The molecule has 135 valence electrons. The average molecular weight is 381 g/mol. The summed E-state index contributed by atoms with van der Waals surface area (Å²) < 4.78 is 0. The molecular weight excluding hydrogens is 359 g/mol. The Morgan fingerprint density at radius 3 is 1.52 bits per heavy atom. The fourth-order valence-corrected chi connectivity index (χ4v) is 3.28. The van der Waals surface area contributed by atoms with Crippen molar-refractivity contribution >= 4 is 53.9 Å². The van der Waals surface area contributed by atoms with E-state index in [1.54, 1.807) is 0 Å². The molecule has 0 spiro atoms. The van der Waals surface area contributed by atoms with Crippen LogP contribution in [0.2, 0.25) is 0 Å². The first kappa shape index (κ1) is 21.1. The van der Waals surface area contributed by atoms with Crippen LogP contribution in [0.5, 0.6) is 0 Å². The monoisotopic (exact) mass is 381 g/mol. The molecule has 0 aliphatic heterocycles. The molecule has 0 nitrogen and oxygen atoms in total. The van der Waals surface area contributed by atoms with Crippen molar-refractivity contribution in [2.75, 3.05) is 0 Å². The van der Waals surface area contributed by atoms with E-state index in [9.17, 15) is 0 Å². The summed E-state index contributed by atoms with van der Waals surface area (Å²) in [5.41, 5.74) is 7.30. The molecule has 0 atom stereocenters. The van der Waals surface area contributed by atoms with Gasteiger partial charge in [0.25, 0.3) is 0 Å². The molecule has 0 amide bonds. The fraction of sp³-hybridized carbons (Fsp3) is 0. The fourth-order valence-electron chi connectivity index (χ4n) is 3.28. The zero-order chi connectivity index (χ0) is 19.0. The second kappa shape index (κ2) is 10.8. The number of hydrogen-bond donors (Lipinski definition) is 0. The van der Waals surface area contributed by atoms with Crippen molar-refractivity contribution in [2.45, 2.75) is 0 Å². The minimum absolute atomic E-state index is 0. The van der Waals surface area contributed by atoms with E-state index >= 15 is 0 Å². The van der Waals surface area contributed by atoms with Crippen molar-refractivity contribution in [1.29, 1.82) is 0 Å². The maximum atomic E-state index is 2.22. The first-order valence-corrected chi connectivity index (χ1v) is 9.55. The minimum Gasteiger partial charge on any atom is -0.0622 e. The predicted octanol–water partition coefficient (Wildman–Crippen LogP) is 7.31. The Bertz CT molecular complexity index is 1080. The van der Waals surface area contributed by atoms with E-state index in [1.807, 2.05) is 12.1 Å². The zero-order valence-electron chi connectivity index (χ0n) is 16.7. The van der Waals surface area contributed by atoms with Gasteiger partial charge < -0.3 is 0 Å². The maximum Gasteiger partial charge on any atom is 0 e. The molecule has 4 rings (SSSR count). The van der Waals surface area contributed by atoms with Crippen LogP contribution >= 0.6 is 0 Å². The molecule has 0 aliphatic rings. The predicted molar refractivity (Wildman–Crippen MR) is 128 cm³/mol. The summed E-state index contributed by atoms with van der Waals surface area (Å²) >= 11 is 0. The maximum absolute atomic E-state index is 2.22. The van der Waals surface area contributed by atoms with Crippen LogP contribution in [-0.4, -0.2) is 29.6 Å². The van der Waals surface area contributed by atoms with Gasteiger partial charge in [-0.25, -0.2) is 0 Å². The van der Waals surface area contributed by atoms with E-state index < -0.39 is 0 Å². The summed E-state index contributed by atoms with van der Waals surface area (Å²) in [5.74, 6) is 0. The molecule has 0 heterocycles. The average Bonchev–Trinajstić information content (AvgIpc) is 2.78. The van der Waals surface area contributed by atoms with Gasteiger partial charge >= 0.3 is 0 Å². The quantitative estimate of drug-likeness (QED) is 0.251. The summed E-state index contributed by atoms with van der Waals surface area (Å²) in [5, 5.41) is 0. The number of rotatable bonds is 5. The van der Waals surface area contributed by atoms with Gasteiger partial charge in [-0.2, -0.15) is 0 Å². The van der Waals surface area contributed by atoms with Crippen molar-refractivity contribution in [1.82, 2.24) is 0 Å². The van der Waals surface area contributed by atoms with Gasteiger partial charge in [0.1, 0.15) is 0 Å². The number of hydrogen-bond acceptors (Lipinski definition) is 0. The molecule has 1 radical (unpaired) electrons. The Balaban J connectivity index is 0.00000240. The Kier molecular flexibility index (Phi) is 7.84. The first-order chi connectivity index (χ1) is 13.9. The minimum atomic E-state index is 0. The molecule has 4 aromatic carbocycles. The van der Waals surface area contributed by atoms with E-state index in [2.05, 4.69) is 121 Å². The molecular formula is C28H22Na. The van der Waals surface area contributed by atoms with Crippen LogP contribution < -0.4 is 0 Å². The van der Waals surface area contributed by atoms with Crippen molar-refractivity contribution in [3.05, 3.63) is 131 Å². The van der Waals surface area contributed by atoms with Gasteiger partial charge in [-0.1, -0.05) is 133 Å². The molecule has 0 fully saturated rings. The van der Waals surface area contributed by atoms with Crippen molar-refractivity contribution in [3.63, 3.8) is 0 Å². The molecule has 29 heavy (non-hydrogen) atoms. The smallest absolute Gasteiger partial charge is 0 e. The molecule has 0 aliphatic carbocycles. The summed E-state index contributed by atoms with van der Waals surface area (Å²) in [7, 11) is 0. The summed E-state index contributed by atoms with van der Waals surface area (Å²) in [6, 6.07) is 37.9. The molecule has 0 aromatic heterocycles. The topological polar surface area (TPSA) is 0 Å². The van der Waals surface area contributed by atoms with E-state index in [4.69, 9.17) is 0 Å². The Morgan fingerprint density at radius 2 is 0.931 bits per heavy atom. The second-order valence-electron chi connectivity index (χ2n) is 6.66. The molecule has 0 N–H and O–H groups in total. The largest absolute Gasteiger partial charge is 0.0622 e. The van der Waals surface area contributed by atoms with Crippen molar-refractivity contribution < 1.29 is 0 Å². The van der Waals surface area contributed by atoms with Gasteiger partial charge in [-0.05, 0) is 33.4 Å². The van der Waals surface area contributed by atoms with Crippen LogP contribution in [0.15, 0.2) is 109 Å². The SMILES string of the molecule is C(=Cc1cccc(-c2ccccc2)c1C=Cc1ccccc1)c1ccccc1.[Na]. The summed E-state index contributed by atoms with van der Waals surface area (Å²) in [4.78, 5) is 0. The van der Waals surface area contributed by atoms with Gasteiger partial charge in [0.2, 0.25) is 0 Å². The third-order valence-electron chi connectivity index (χ3n) is 4.72. The van der Waals surface area contributed by atoms with E-state index in [0.29, 0.717) is 0 Å². The first-order valence-electron chi connectivity index (χ1n) is 9.55. The van der Waals surface area contributed by atoms with Gasteiger partial charge in [0.15, 0.2) is 0 Å². The molecule has 0 saturated carbocycles. The van der Waals surface area contributed by atoms with Crippen LogP contribution in [-0.2, 0) is 0 Å². The van der Waals surface area contributed by atoms with E-state index in [1.165, 1.54) is 33.4 Å². The van der Waals surface area contributed by atoms with Crippen molar-refractivity contribution in [2.24, 2.45) is 0 Å². The van der Waals surface area contributed by atoms with E-state index in [0.717, 1.165) is 0 Å². The molecule has 0 unspecified atom stereocenters. The third kappa shape index (κ3) is 5.68. The van der Waals surface area contributed by atoms with Crippen LogP contribution in [0, 0.1) is 0 Å². The summed E-state index contributed by atoms with van der Waals surface area (Å²) in [6.45, 7) is 0. The Morgan fingerprint density at radius 1 is 0.414 bits per heavy atom. The van der Waals surface area contributed by atoms with Gasteiger partial charge in [-0.15, -0.1) is 0 Å². The van der Waals surface area contributed by atoms with Gasteiger partial charge in [0.05, 0.1) is 0 Å². The van der Waals surface area contributed by atoms with Crippen LogP contribution in [0.25, 0.3) is 35.4 Å². The van der Waals surface area contributed by atoms with E-state index in [-0.39, 0.29) is 29.6 Å². The molecule has 1 heteroatoms. The Hall–Kier alpha value is -2.64. The normalized spacial score (nSPS) is 10.9. The van der Waals surface area contributed by atoms with Gasteiger partial charge in [-0.3, -0.25) is 0 Å². The number of benzene rings is 4. The standard InChI is InChI=1S/C28H22.Na/c1-4-11-23(12-5-1)19-21-26-17-10-18-27(25-15-8-3-9-16-25)28(26)22-20-24-13-6-2-7-14-24;/h1-22H;. The molecule has 0 bridgehead atoms. The van der Waals surface area contributed by atoms with Crippen LogP contribution in [0.3, 0.4) is 0 Å². The van der Waals surface area contributed by atoms with Gasteiger partial charge in [0, 0.05) is 29.6 Å². The van der Waals surface area contributed by atoms with Crippen LogP contribution in [0.1, 0.15) is 22.3 Å². The van der Waals surface area contributed by atoms with Crippen molar-refractivity contribution in [3.8, 4) is 11.1 Å². The molecule has 4 aromatic rings. The second-order valence-corrected chi connectivity index (χ2v) is 6.66. The zero-order valence-corrected chi connectivity index (χ0v) is 18.7. The van der Waals surface area contributed by atoms with Crippen LogP contribution in [0.4, 0.5) is 0 Å².